The summed E-state index contributed by atoms with van der Waals surface area (Å²) in [4.78, 5) is 33.5. The number of carbonyl (C=O) groups excluding carboxylic acids is 1. The molecule has 0 unspecified atom stereocenters. The number of halogens is 2. The molecule has 2 heterocycles. The van der Waals surface area contributed by atoms with Gasteiger partial charge in [0.2, 0.25) is 5.91 Å². The predicted octanol–water partition coefficient (Wildman–Crippen LogP) is 3.39. The normalized spacial score (nSPS) is 10.7. The van der Waals surface area contributed by atoms with Gasteiger partial charge in [0.15, 0.2) is 5.69 Å². The molecule has 3 rings (SSSR count). The second kappa shape index (κ2) is 8.41. The first-order chi connectivity index (χ1) is 13.3. The molecule has 0 atom stereocenters. The fourth-order valence-corrected chi connectivity index (χ4v) is 3.32. The van der Waals surface area contributed by atoms with Crippen molar-refractivity contribution in [2.75, 3.05) is 18.5 Å². The highest BCUT2D eigenvalue weighted by Crippen LogP contribution is 2.34. The average molecular weight is 419 g/mol. The van der Waals surface area contributed by atoms with E-state index in [1.807, 2.05) is 6.07 Å². The third-order valence-corrected chi connectivity index (χ3v) is 4.52. The Morgan fingerprint density at radius 1 is 1.25 bits per heavy atom. The van der Waals surface area contributed by atoms with Crippen molar-refractivity contribution in [1.29, 1.82) is 0 Å². The lowest BCUT2D eigenvalue weighted by molar-refractivity contribution is -0.119. The highest BCUT2D eigenvalue weighted by atomic mass is 35.5. The summed E-state index contributed by atoms with van der Waals surface area (Å²) >= 11 is 12.4. The van der Waals surface area contributed by atoms with Gasteiger partial charge < -0.3 is 15.3 Å². The van der Waals surface area contributed by atoms with Crippen molar-refractivity contribution in [3.8, 4) is 0 Å². The van der Waals surface area contributed by atoms with E-state index in [1.165, 1.54) is 6.07 Å². The van der Waals surface area contributed by atoms with E-state index in [4.69, 9.17) is 23.2 Å². The average Bonchev–Trinajstić information content (AvgIpc) is 2.65. The van der Waals surface area contributed by atoms with Crippen LogP contribution in [0.15, 0.2) is 42.7 Å². The van der Waals surface area contributed by atoms with Crippen molar-refractivity contribution < 1.29 is 14.7 Å². The summed E-state index contributed by atoms with van der Waals surface area (Å²) < 4.78 is 0. The second-order valence-electron chi connectivity index (χ2n) is 6.12. The van der Waals surface area contributed by atoms with Crippen LogP contribution in [0.2, 0.25) is 10.0 Å². The molecule has 7 nitrogen and oxygen atoms in total. The molecule has 28 heavy (non-hydrogen) atoms. The second-order valence-corrected chi connectivity index (χ2v) is 6.96. The minimum Gasteiger partial charge on any atom is -0.477 e. The number of benzene rings is 1. The minimum atomic E-state index is -1.19. The molecule has 0 spiro atoms. The van der Waals surface area contributed by atoms with E-state index in [0.29, 0.717) is 27.4 Å². The van der Waals surface area contributed by atoms with Crippen molar-refractivity contribution in [2.45, 2.75) is 6.54 Å². The molecule has 9 heteroatoms. The minimum absolute atomic E-state index is 0.0373. The maximum absolute atomic E-state index is 12.3. The first kappa shape index (κ1) is 19.9. The lowest BCUT2D eigenvalue weighted by atomic mass is 10.1. The number of rotatable bonds is 6. The van der Waals surface area contributed by atoms with E-state index < -0.39 is 5.97 Å². The maximum Gasteiger partial charge on any atom is 0.354 e. The Kier molecular flexibility index (Phi) is 5.96. The van der Waals surface area contributed by atoms with Crippen LogP contribution in [0, 0.1) is 0 Å². The van der Waals surface area contributed by atoms with Crippen LogP contribution in [0.4, 0.5) is 5.82 Å². The summed E-state index contributed by atoms with van der Waals surface area (Å²) in [6.07, 6.45) is 3.32. The number of carboxylic acid groups (broad SMARTS) is 1. The summed E-state index contributed by atoms with van der Waals surface area (Å²) in [5.41, 5.74) is 0.705. The summed E-state index contributed by atoms with van der Waals surface area (Å²) in [6.45, 7) is 0.296. The van der Waals surface area contributed by atoms with Crippen LogP contribution in [0.1, 0.15) is 16.1 Å². The molecule has 0 saturated heterocycles. The molecule has 1 aromatic carbocycles. The van der Waals surface area contributed by atoms with Crippen molar-refractivity contribution in [3.63, 3.8) is 0 Å². The third kappa shape index (κ3) is 4.49. The Balaban J connectivity index is 1.86. The first-order valence-corrected chi connectivity index (χ1v) is 9.00. The number of anilines is 1. The van der Waals surface area contributed by atoms with E-state index in [0.717, 1.165) is 5.56 Å². The van der Waals surface area contributed by atoms with Crippen LogP contribution >= 0.6 is 23.2 Å². The summed E-state index contributed by atoms with van der Waals surface area (Å²) in [6, 6.07) is 8.19. The van der Waals surface area contributed by atoms with Crippen LogP contribution in [0.3, 0.4) is 0 Å². The summed E-state index contributed by atoms with van der Waals surface area (Å²) in [5, 5.41) is 13.9. The first-order valence-electron chi connectivity index (χ1n) is 8.25. The number of hydrogen-bond donors (Lipinski definition) is 2. The summed E-state index contributed by atoms with van der Waals surface area (Å²) in [5.74, 6) is -1.16. The number of nitrogens with one attached hydrogen (secondary N) is 1. The quantitative estimate of drug-likeness (QED) is 0.636. The zero-order valence-electron chi connectivity index (χ0n) is 14.8. The summed E-state index contributed by atoms with van der Waals surface area (Å²) in [7, 11) is 1.64. The highest BCUT2D eigenvalue weighted by molar-refractivity contribution is 6.39. The van der Waals surface area contributed by atoms with E-state index in [2.05, 4.69) is 15.3 Å². The Morgan fingerprint density at radius 2 is 2.04 bits per heavy atom. The molecule has 0 aliphatic heterocycles. The van der Waals surface area contributed by atoms with Crippen molar-refractivity contribution in [3.05, 3.63) is 64.0 Å². The third-order valence-electron chi connectivity index (χ3n) is 4.00. The predicted molar refractivity (Wildman–Crippen MR) is 108 cm³/mol. The Labute approximate surface area is 170 Å². The number of likely N-dealkylation sites (N-methyl/N-ethyl adjacent to an activating group) is 1. The standard InChI is InChI=1S/C19H16Cl2N4O3/c1-25(10-16(26)23-9-11-3-2-4-22-8-11)18-17-12(5-13(20)7-14(17)21)6-15(24-18)19(27)28/h2-8H,9-10H2,1H3,(H,23,26)(H,27,28). The largest absolute Gasteiger partial charge is 0.477 e. The zero-order valence-corrected chi connectivity index (χ0v) is 16.3. The van der Waals surface area contributed by atoms with E-state index in [9.17, 15) is 14.7 Å². The Morgan fingerprint density at radius 3 is 2.71 bits per heavy atom. The van der Waals surface area contributed by atoms with Gasteiger partial charge in [0.1, 0.15) is 5.82 Å². The number of aromatic carboxylic acids is 1. The molecule has 1 amide bonds. The van der Waals surface area contributed by atoms with Crippen molar-refractivity contribution >= 4 is 51.7 Å². The van der Waals surface area contributed by atoms with Gasteiger partial charge in [0.25, 0.3) is 0 Å². The molecule has 2 N–H and O–H groups in total. The van der Waals surface area contributed by atoms with Crippen LogP contribution in [-0.2, 0) is 11.3 Å². The molecular formula is C19H16Cl2N4O3. The van der Waals surface area contributed by atoms with Gasteiger partial charge in [-0.25, -0.2) is 9.78 Å². The lowest BCUT2D eigenvalue weighted by Crippen LogP contribution is -2.35. The number of amides is 1. The fraction of sp³-hybridized carbons (Fsp3) is 0.158. The number of pyridine rings is 2. The number of carbonyl (C=O) groups is 2. The molecule has 0 fully saturated rings. The van der Waals surface area contributed by atoms with E-state index >= 15 is 0 Å². The maximum atomic E-state index is 12.3. The molecule has 2 aromatic heterocycles. The van der Waals surface area contributed by atoms with Crippen molar-refractivity contribution in [2.24, 2.45) is 0 Å². The van der Waals surface area contributed by atoms with E-state index in [1.54, 1.807) is 42.5 Å². The van der Waals surface area contributed by atoms with Gasteiger partial charge in [-0.15, -0.1) is 0 Å². The molecule has 0 radical (unpaired) electrons. The molecular weight excluding hydrogens is 403 g/mol. The monoisotopic (exact) mass is 418 g/mol. The molecule has 144 valence electrons. The Bertz CT molecular complexity index is 1040. The number of hydrogen-bond acceptors (Lipinski definition) is 5. The smallest absolute Gasteiger partial charge is 0.354 e. The molecule has 0 aliphatic rings. The van der Waals surface area contributed by atoms with Gasteiger partial charge in [-0.2, -0.15) is 0 Å². The molecule has 0 aliphatic carbocycles. The SMILES string of the molecule is CN(CC(=O)NCc1cccnc1)c1nc(C(=O)O)cc2cc(Cl)cc(Cl)c12. The fourth-order valence-electron chi connectivity index (χ4n) is 2.73. The molecule has 0 saturated carbocycles. The van der Waals surface area contributed by atoms with Crippen molar-refractivity contribution in [1.82, 2.24) is 15.3 Å². The topological polar surface area (TPSA) is 95.4 Å². The lowest BCUT2D eigenvalue weighted by Gasteiger charge is -2.21. The van der Waals surface area contributed by atoms with Crippen LogP contribution < -0.4 is 10.2 Å². The van der Waals surface area contributed by atoms with Gasteiger partial charge in [-0.1, -0.05) is 29.3 Å². The number of aromatic nitrogens is 2. The molecule has 3 aromatic rings. The van der Waals surface area contributed by atoms with Crippen LogP contribution in [-0.4, -0.2) is 40.5 Å². The van der Waals surface area contributed by atoms with Crippen LogP contribution in [0.25, 0.3) is 10.8 Å². The zero-order chi connectivity index (χ0) is 20.3. The molecule has 0 bridgehead atoms. The number of nitrogens with zero attached hydrogens (tertiary/aromatic N) is 3. The number of carboxylic acids is 1. The van der Waals surface area contributed by atoms with Crippen LogP contribution in [0.5, 0.6) is 0 Å². The van der Waals surface area contributed by atoms with E-state index in [-0.39, 0.29) is 24.0 Å². The highest BCUT2D eigenvalue weighted by Gasteiger charge is 2.18. The van der Waals surface area contributed by atoms with Gasteiger partial charge in [-0.3, -0.25) is 9.78 Å². The van der Waals surface area contributed by atoms with Gasteiger partial charge in [-0.05, 0) is 35.2 Å². The van der Waals surface area contributed by atoms with Gasteiger partial charge >= 0.3 is 5.97 Å². The van der Waals surface area contributed by atoms with Gasteiger partial charge in [0, 0.05) is 36.4 Å². The Hall–Kier alpha value is -2.90. The van der Waals surface area contributed by atoms with Gasteiger partial charge in [0.05, 0.1) is 11.6 Å². The number of fused-ring (bicyclic) bond motifs is 1.